The number of amides is 2. The molecule has 1 saturated heterocycles. The SMILES string of the molecule is C=CCN1C(=O)C(=Cc2ccsc2)C(=O)NC1=S. The lowest BCUT2D eigenvalue weighted by atomic mass is 10.1. The van der Waals surface area contributed by atoms with Crippen molar-refractivity contribution < 1.29 is 9.59 Å². The van der Waals surface area contributed by atoms with Crippen molar-refractivity contribution in [2.24, 2.45) is 0 Å². The maximum absolute atomic E-state index is 12.1. The number of nitrogens with one attached hydrogen (secondary N) is 1. The van der Waals surface area contributed by atoms with Gasteiger partial charge in [-0.15, -0.1) is 6.58 Å². The largest absolute Gasteiger partial charge is 0.298 e. The van der Waals surface area contributed by atoms with Gasteiger partial charge in [0.1, 0.15) is 5.57 Å². The summed E-state index contributed by atoms with van der Waals surface area (Å²) >= 11 is 6.45. The van der Waals surface area contributed by atoms with Crippen LogP contribution in [0.4, 0.5) is 0 Å². The predicted octanol–water partition coefficient (Wildman–Crippen LogP) is 1.56. The summed E-state index contributed by atoms with van der Waals surface area (Å²) in [6.07, 6.45) is 3.12. The minimum absolute atomic E-state index is 0.0869. The molecule has 0 saturated carbocycles. The van der Waals surface area contributed by atoms with Crippen molar-refractivity contribution >= 4 is 46.6 Å². The number of hydrogen-bond acceptors (Lipinski definition) is 4. The topological polar surface area (TPSA) is 49.4 Å². The highest BCUT2D eigenvalue weighted by Gasteiger charge is 2.32. The second kappa shape index (κ2) is 5.24. The molecule has 0 bridgehead atoms. The van der Waals surface area contributed by atoms with Crippen LogP contribution in [0.5, 0.6) is 0 Å². The van der Waals surface area contributed by atoms with Crippen LogP contribution in [0, 0.1) is 0 Å². The van der Waals surface area contributed by atoms with Gasteiger partial charge in [0.05, 0.1) is 0 Å². The third-order valence-corrected chi connectivity index (χ3v) is 3.38. The van der Waals surface area contributed by atoms with E-state index in [9.17, 15) is 9.59 Å². The van der Waals surface area contributed by atoms with Gasteiger partial charge in [-0.3, -0.25) is 19.8 Å². The van der Waals surface area contributed by atoms with E-state index in [0.29, 0.717) is 0 Å². The summed E-state index contributed by atoms with van der Waals surface area (Å²) in [5.41, 5.74) is 0.911. The molecule has 1 aromatic rings. The maximum atomic E-state index is 12.1. The van der Waals surface area contributed by atoms with Crippen molar-refractivity contribution in [3.8, 4) is 0 Å². The van der Waals surface area contributed by atoms with E-state index >= 15 is 0 Å². The fourth-order valence-electron chi connectivity index (χ4n) is 1.51. The van der Waals surface area contributed by atoms with E-state index in [1.165, 1.54) is 16.2 Å². The van der Waals surface area contributed by atoms with E-state index < -0.39 is 11.8 Å². The van der Waals surface area contributed by atoms with Gasteiger partial charge in [0.15, 0.2) is 5.11 Å². The smallest absolute Gasteiger partial charge is 0.265 e. The minimum atomic E-state index is -0.462. The van der Waals surface area contributed by atoms with Gasteiger partial charge in [0.25, 0.3) is 11.8 Å². The molecule has 2 heterocycles. The monoisotopic (exact) mass is 278 g/mol. The van der Waals surface area contributed by atoms with Gasteiger partial charge in [0.2, 0.25) is 0 Å². The normalized spacial score (nSPS) is 18.1. The third kappa shape index (κ3) is 2.39. The molecule has 2 rings (SSSR count). The Labute approximate surface area is 114 Å². The first-order chi connectivity index (χ1) is 8.63. The van der Waals surface area contributed by atoms with Crippen molar-refractivity contribution in [3.63, 3.8) is 0 Å². The molecule has 1 fully saturated rings. The average Bonchev–Trinajstić information content (AvgIpc) is 2.83. The molecule has 18 heavy (non-hydrogen) atoms. The van der Waals surface area contributed by atoms with Gasteiger partial charge >= 0.3 is 0 Å². The molecule has 1 aromatic heterocycles. The fourth-order valence-corrected chi connectivity index (χ4v) is 2.38. The first-order valence-electron chi connectivity index (χ1n) is 5.15. The quantitative estimate of drug-likeness (QED) is 0.395. The van der Waals surface area contributed by atoms with Crippen molar-refractivity contribution in [2.45, 2.75) is 0 Å². The summed E-state index contributed by atoms with van der Waals surface area (Å²) in [6, 6.07) is 1.84. The van der Waals surface area contributed by atoms with Gasteiger partial charge in [-0.25, -0.2) is 0 Å². The van der Waals surface area contributed by atoms with Crippen LogP contribution in [0.25, 0.3) is 6.08 Å². The van der Waals surface area contributed by atoms with Gasteiger partial charge in [-0.2, -0.15) is 11.3 Å². The predicted molar refractivity (Wildman–Crippen MR) is 74.9 cm³/mol. The van der Waals surface area contributed by atoms with E-state index in [1.54, 1.807) is 12.2 Å². The van der Waals surface area contributed by atoms with Crippen LogP contribution in [0.15, 0.2) is 35.1 Å². The molecule has 0 radical (unpaired) electrons. The zero-order valence-electron chi connectivity index (χ0n) is 9.38. The van der Waals surface area contributed by atoms with E-state index in [-0.39, 0.29) is 17.2 Å². The number of rotatable bonds is 3. The standard InChI is InChI=1S/C12H10N2O2S2/c1-2-4-14-11(16)9(10(15)13-12(14)17)6-8-3-5-18-7-8/h2-3,5-7H,1,4H2,(H,13,15,17). The Morgan fingerprint density at radius 1 is 1.50 bits per heavy atom. The number of nitrogens with zero attached hydrogens (tertiary/aromatic N) is 1. The van der Waals surface area contributed by atoms with E-state index in [4.69, 9.17) is 12.2 Å². The highest BCUT2D eigenvalue weighted by atomic mass is 32.1. The molecular formula is C12H10N2O2S2. The molecule has 2 amide bonds. The molecule has 0 aromatic carbocycles. The van der Waals surface area contributed by atoms with Crippen molar-refractivity contribution in [1.29, 1.82) is 0 Å². The fraction of sp³-hybridized carbons (Fsp3) is 0.0833. The molecule has 92 valence electrons. The Kier molecular flexibility index (Phi) is 3.69. The lowest BCUT2D eigenvalue weighted by Crippen LogP contribution is -2.53. The maximum Gasteiger partial charge on any atom is 0.265 e. The summed E-state index contributed by atoms with van der Waals surface area (Å²) in [7, 11) is 0. The number of hydrogen-bond donors (Lipinski definition) is 1. The van der Waals surface area contributed by atoms with Gasteiger partial charge in [-0.05, 0) is 40.7 Å². The Balaban J connectivity index is 2.35. The van der Waals surface area contributed by atoms with Crippen molar-refractivity contribution in [3.05, 3.63) is 40.6 Å². The van der Waals surface area contributed by atoms with Crippen LogP contribution in [0.3, 0.4) is 0 Å². The highest BCUT2D eigenvalue weighted by molar-refractivity contribution is 7.80. The first-order valence-corrected chi connectivity index (χ1v) is 6.50. The van der Waals surface area contributed by atoms with Crippen molar-refractivity contribution in [2.75, 3.05) is 6.54 Å². The Bertz CT molecular complexity index is 546. The molecule has 0 atom stereocenters. The summed E-state index contributed by atoms with van der Waals surface area (Å²) in [6.45, 7) is 3.84. The first kappa shape index (κ1) is 12.7. The summed E-state index contributed by atoms with van der Waals surface area (Å²) in [5, 5.41) is 6.35. The molecule has 6 heteroatoms. The Morgan fingerprint density at radius 2 is 2.28 bits per heavy atom. The summed E-state index contributed by atoms with van der Waals surface area (Å²) < 4.78 is 0. The zero-order valence-corrected chi connectivity index (χ0v) is 11.0. The summed E-state index contributed by atoms with van der Waals surface area (Å²) in [5.74, 6) is -0.855. The molecular weight excluding hydrogens is 268 g/mol. The molecule has 1 aliphatic rings. The Morgan fingerprint density at radius 3 is 2.89 bits per heavy atom. The second-order valence-electron chi connectivity index (χ2n) is 3.58. The highest BCUT2D eigenvalue weighted by Crippen LogP contribution is 2.16. The van der Waals surface area contributed by atoms with Gasteiger partial charge in [-0.1, -0.05) is 6.08 Å². The molecule has 0 aliphatic carbocycles. The van der Waals surface area contributed by atoms with Crippen LogP contribution in [-0.2, 0) is 9.59 Å². The number of thiocarbonyl (C=S) groups is 1. The van der Waals surface area contributed by atoms with E-state index in [2.05, 4.69) is 11.9 Å². The minimum Gasteiger partial charge on any atom is -0.298 e. The van der Waals surface area contributed by atoms with E-state index in [0.717, 1.165) is 5.56 Å². The third-order valence-electron chi connectivity index (χ3n) is 2.35. The zero-order chi connectivity index (χ0) is 13.1. The van der Waals surface area contributed by atoms with Crippen LogP contribution in [0.2, 0.25) is 0 Å². The van der Waals surface area contributed by atoms with Crippen molar-refractivity contribution in [1.82, 2.24) is 10.2 Å². The summed E-state index contributed by atoms with van der Waals surface area (Å²) in [4.78, 5) is 25.2. The van der Waals surface area contributed by atoms with Crippen LogP contribution < -0.4 is 5.32 Å². The Hall–Kier alpha value is -1.79. The average molecular weight is 278 g/mol. The molecule has 0 unspecified atom stereocenters. The van der Waals surface area contributed by atoms with E-state index in [1.807, 2.05) is 16.8 Å². The lowest BCUT2D eigenvalue weighted by molar-refractivity contribution is -0.128. The number of carbonyl (C=O) groups is 2. The number of thiophene rings is 1. The van der Waals surface area contributed by atoms with Gasteiger partial charge < -0.3 is 0 Å². The molecule has 1 aliphatic heterocycles. The number of carbonyl (C=O) groups excluding carboxylic acids is 2. The molecule has 0 spiro atoms. The molecule has 1 N–H and O–H groups in total. The van der Waals surface area contributed by atoms with Crippen LogP contribution in [-0.4, -0.2) is 28.4 Å². The molecule has 4 nitrogen and oxygen atoms in total. The van der Waals surface area contributed by atoms with Crippen LogP contribution in [0.1, 0.15) is 5.56 Å². The van der Waals surface area contributed by atoms with Gasteiger partial charge in [0, 0.05) is 6.54 Å². The lowest BCUT2D eigenvalue weighted by Gasteiger charge is -2.27. The van der Waals surface area contributed by atoms with Crippen LogP contribution >= 0.6 is 23.6 Å². The second-order valence-corrected chi connectivity index (χ2v) is 4.75.